The van der Waals surface area contributed by atoms with Gasteiger partial charge in [-0.1, -0.05) is 18.2 Å². The lowest BCUT2D eigenvalue weighted by Gasteiger charge is -2.33. The fraction of sp³-hybridized carbons (Fsp3) is 0.435. The van der Waals surface area contributed by atoms with Crippen LogP contribution in [0.25, 0.3) is 10.2 Å². The summed E-state index contributed by atoms with van der Waals surface area (Å²) in [5, 5.41) is 9.52. The van der Waals surface area contributed by atoms with E-state index in [1.165, 1.54) is 16.9 Å². The smallest absolute Gasteiger partial charge is 0.273 e. The van der Waals surface area contributed by atoms with Crippen LogP contribution in [0, 0.1) is 11.3 Å². The Morgan fingerprint density at radius 1 is 1.23 bits per heavy atom. The van der Waals surface area contributed by atoms with Gasteiger partial charge in [-0.25, -0.2) is 4.98 Å². The van der Waals surface area contributed by atoms with E-state index in [0.29, 0.717) is 24.6 Å². The number of fused-ring (bicyclic) bond motifs is 3. The molecule has 1 saturated heterocycles. The zero-order valence-electron chi connectivity index (χ0n) is 16.9. The summed E-state index contributed by atoms with van der Waals surface area (Å²) in [5.74, 6) is 0.696. The number of aryl methyl sites for hydroxylation is 2. The maximum atomic E-state index is 13.7. The first-order chi connectivity index (χ1) is 14.7. The highest BCUT2D eigenvalue weighted by molar-refractivity contribution is 7.19. The van der Waals surface area contributed by atoms with E-state index in [0.717, 1.165) is 54.4 Å². The number of nitrogens with zero attached hydrogens (tertiary/aromatic N) is 4. The number of hydrogen-bond acceptors (Lipinski definition) is 6. The van der Waals surface area contributed by atoms with Gasteiger partial charge in [-0.15, -0.1) is 11.3 Å². The first-order valence-electron chi connectivity index (χ1n) is 10.7. The molecule has 7 heteroatoms. The Balaban J connectivity index is 1.70. The van der Waals surface area contributed by atoms with Crippen molar-refractivity contribution in [3.8, 4) is 6.07 Å². The van der Waals surface area contributed by atoms with Gasteiger partial charge in [0, 0.05) is 24.0 Å². The van der Waals surface area contributed by atoms with Crippen molar-refractivity contribution in [3.05, 3.63) is 56.2 Å². The number of nitrogens with two attached hydrogens (primary N) is 1. The van der Waals surface area contributed by atoms with Gasteiger partial charge in [0.1, 0.15) is 4.70 Å². The molecule has 6 nitrogen and oxygen atoms in total. The lowest BCUT2D eigenvalue weighted by atomic mass is 9.98. The summed E-state index contributed by atoms with van der Waals surface area (Å²) < 4.78 is 2.51. The quantitative estimate of drug-likeness (QED) is 0.704. The third-order valence-electron chi connectivity index (χ3n) is 6.24. The number of benzene rings is 1. The lowest BCUT2D eigenvalue weighted by molar-refractivity contribution is 0.492. The standard InChI is InChI=1S/C23H25N5OS/c24-12-15-6-1-2-7-16(15)13-28-22(29)21-20(18-9-3-4-10-19(18)30-21)26-23(28)27-11-5-8-17(25)14-27/h1-2,6-7,17H,3-5,8-11,13-14,25H2/t17-/m1/s1. The summed E-state index contributed by atoms with van der Waals surface area (Å²) in [6.07, 6.45) is 6.36. The summed E-state index contributed by atoms with van der Waals surface area (Å²) in [4.78, 5) is 22.2. The topological polar surface area (TPSA) is 87.9 Å². The van der Waals surface area contributed by atoms with Crippen molar-refractivity contribution in [1.82, 2.24) is 9.55 Å². The molecule has 2 N–H and O–H groups in total. The van der Waals surface area contributed by atoms with Crippen LogP contribution >= 0.6 is 11.3 Å². The largest absolute Gasteiger partial charge is 0.341 e. The Morgan fingerprint density at radius 2 is 2.07 bits per heavy atom. The molecule has 1 atom stereocenters. The molecule has 0 bridgehead atoms. The van der Waals surface area contributed by atoms with Crippen molar-refractivity contribution < 1.29 is 0 Å². The zero-order chi connectivity index (χ0) is 20.7. The average Bonchev–Trinajstić information content (AvgIpc) is 3.15. The molecule has 154 valence electrons. The Kier molecular flexibility index (Phi) is 5.05. The van der Waals surface area contributed by atoms with Crippen molar-refractivity contribution >= 4 is 27.5 Å². The van der Waals surface area contributed by atoms with E-state index >= 15 is 0 Å². The normalized spacial score (nSPS) is 18.9. The van der Waals surface area contributed by atoms with Crippen molar-refractivity contribution in [1.29, 1.82) is 5.26 Å². The molecule has 1 fully saturated rings. The van der Waals surface area contributed by atoms with E-state index < -0.39 is 0 Å². The van der Waals surface area contributed by atoms with Gasteiger partial charge >= 0.3 is 0 Å². The number of rotatable bonds is 3. The van der Waals surface area contributed by atoms with Crippen LogP contribution in [0.4, 0.5) is 5.95 Å². The number of hydrogen-bond donors (Lipinski definition) is 1. The molecule has 3 heterocycles. The molecule has 2 aromatic heterocycles. The van der Waals surface area contributed by atoms with Crippen LogP contribution in [-0.4, -0.2) is 28.7 Å². The highest BCUT2D eigenvalue weighted by atomic mass is 32.1. The van der Waals surface area contributed by atoms with E-state index in [2.05, 4.69) is 11.0 Å². The Hall–Kier alpha value is -2.69. The average molecular weight is 420 g/mol. The third kappa shape index (κ3) is 3.30. The summed E-state index contributed by atoms with van der Waals surface area (Å²) in [6.45, 7) is 1.89. The van der Waals surface area contributed by atoms with E-state index in [4.69, 9.17) is 10.7 Å². The molecule has 5 rings (SSSR count). The maximum Gasteiger partial charge on any atom is 0.273 e. The van der Waals surface area contributed by atoms with Crippen molar-refractivity contribution in [2.45, 2.75) is 51.1 Å². The van der Waals surface area contributed by atoms with Gasteiger partial charge < -0.3 is 10.6 Å². The van der Waals surface area contributed by atoms with Crippen molar-refractivity contribution in [2.24, 2.45) is 5.73 Å². The molecule has 0 spiro atoms. The minimum Gasteiger partial charge on any atom is -0.341 e. The number of anilines is 1. The SMILES string of the molecule is N#Cc1ccccc1Cn1c(N2CCC[C@@H](N)C2)nc2c3c(sc2c1=O)CCCC3. The van der Waals surface area contributed by atoms with Crippen molar-refractivity contribution in [3.63, 3.8) is 0 Å². The molecule has 1 aliphatic carbocycles. The van der Waals surface area contributed by atoms with Crippen LogP contribution in [0.15, 0.2) is 29.1 Å². The van der Waals surface area contributed by atoms with Crippen LogP contribution in [0.3, 0.4) is 0 Å². The first-order valence-corrected chi connectivity index (χ1v) is 11.5. The zero-order valence-corrected chi connectivity index (χ0v) is 17.7. The van der Waals surface area contributed by atoms with Gasteiger partial charge in [0.2, 0.25) is 5.95 Å². The fourth-order valence-electron chi connectivity index (χ4n) is 4.70. The van der Waals surface area contributed by atoms with Crippen LogP contribution in [-0.2, 0) is 19.4 Å². The number of aromatic nitrogens is 2. The first kappa shape index (κ1) is 19.3. The molecule has 0 amide bonds. The maximum absolute atomic E-state index is 13.7. The van der Waals surface area contributed by atoms with Gasteiger partial charge in [0.05, 0.1) is 23.7 Å². The second kappa shape index (κ2) is 7.86. The van der Waals surface area contributed by atoms with E-state index in [9.17, 15) is 10.1 Å². The second-order valence-corrected chi connectivity index (χ2v) is 9.41. The van der Waals surface area contributed by atoms with Crippen molar-refractivity contribution in [2.75, 3.05) is 18.0 Å². The molecule has 0 unspecified atom stereocenters. The van der Waals surface area contributed by atoms with Gasteiger partial charge in [0.25, 0.3) is 5.56 Å². The molecule has 0 radical (unpaired) electrons. The van der Waals surface area contributed by atoms with Crippen LogP contribution in [0.1, 0.15) is 47.3 Å². The Labute approximate surface area is 179 Å². The highest BCUT2D eigenvalue weighted by Crippen LogP contribution is 2.35. The van der Waals surface area contributed by atoms with Crippen LogP contribution < -0.4 is 16.2 Å². The number of piperidine rings is 1. The second-order valence-electron chi connectivity index (χ2n) is 8.31. The van der Waals surface area contributed by atoms with E-state index in [1.807, 2.05) is 18.2 Å². The minimum atomic E-state index is 0.00119. The number of nitriles is 1. The molecule has 2 aliphatic rings. The molecule has 30 heavy (non-hydrogen) atoms. The van der Waals surface area contributed by atoms with Gasteiger partial charge in [-0.3, -0.25) is 9.36 Å². The summed E-state index contributed by atoms with van der Waals surface area (Å²) in [6, 6.07) is 9.81. The predicted molar refractivity (Wildman–Crippen MR) is 120 cm³/mol. The Morgan fingerprint density at radius 3 is 2.90 bits per heavy atom. The Bertz CT molecular complexity index is 1200. The van der Waals surface area contributed by atoms with E-state index in [1.54, 1.807) is 22.0 Å². The summed E-state index contributed by atoms with van der Waals surface area (Å²) in [5.41, 5.74) is 9.85. The van der Waals surface area contributed by atoms with Gasteiger partial charge in [-0.2, -0.15) is 5.26 Å². The summed E-state index contributed by atoms with van der Waals surface area (Å²) >= 11 is 1.61. The van der Waals surface area contributed by atoms with Gasteiger partial charge in [-0.05, 0) is 55.7 Å². The third-order valence-corrected chi connectivity index (χ3v) is 7.51. The number of thiophene rings is 1. The van der Waals surface area contributed by atoms with Crippen LogP contribution in [0.5, 0.6) is 0 Å². The minimum absolute atomic E-state index is 0.00119. The molecule has 3 aromatic rings. The molecule has 0 saturated carbocycles. The lowest BCUT2D eigenvalue weighted by Crippen LogP contribution is -2.45. The predicted octanol–water partition coefficient (Wildman–Crippen LogP) is 3.18. The molecule has 1 aromatic carbocycles. The monoisotopic (exact) mass is 419 g/mol. The molecular weight excluding hydrogens is 394 g/mol. The fourth-order valence-corrected chi connectivity index (χ4v) is 5.98. The highest BCUT2D eigenvalue weighted by Gasteiger charge is 2.26. The molecular formula is C23H25N5OS. The van der Waals surface area contributed by atoms with E-state index in [-0.39, 0.29) is 11.6 Å². The molecule has 1 aliphatic heterocycles. The van der Waals surface area contributed by atoms with Crippen LogP contribution in [0.2, 0.25) is 0 Å². The summed E-state index contributed by atoms with van der Waals surface area (Å²) in [7, 11) is 0. The van der Waals surface area contributed by atoms with Gasteiger partial charge in [0.15, 0.2) is 0 Å².